The number of aromatic nitrogens is 2. The molecule has 2 aromatic carbocycles. The van der Waals surface area contributed by atoms with Crippen molar-refractivity contribution in [3.63, 3.8) is 0 Å². The highest BCUT2D eigenvalue weighted by Crippen LogP contribution is 2.27. The van der Waals surface area contributed by atoms with E-state index in [2.05, 4.69) is 15.7 Å². The molecular weight excluding hydrogens is 387 g/mol. The molecule has 30 heavy (non-hydrogen) atoms. The van der Waals surface area contributed by atoms with Crippen molar-refractivity contribution in [3.8, 4) is 11.4 Å². The fourth-order valence-electron chi connectivity index (χ4n) is 3.28. The molecule has 0 unspecified atom stereocenters. The van der Waals surface area contributed by atoms with Crippen molar-refractivity contribution in [2.75, 3.05) is 17.2 Å². The van der Waals surface area contributed by atoms with Crippen molar-refractivity contribution < 1.29 is 18.7 Å². The van der Waals surface area contributed by atoms with Crippen molar-refractivity contribution in [2.45, 2.75) is 25.7 Å². The lowest BCUT2D eigenvalue weighted by Gasteiger charge is -2.17. The minimum atomic E-state index is -0.469. The lowest BCUT2D eigenvalue weighted by molar-refractivity contribution is -0.117. The average molecular weight is 408 g/mol. The standard InChI is InChI=1S/C22H21FN4O3/c23-18-14-16(5-8-20(18)27-11-2-10-24-27)25-21(28)3-1-12-30-17-6-7-19-15(13-17)4-9-22(29)26-19/h2,5-8,10-11,13-14H,1,3-4,9,12H2,(H,25,28)(H,26,29). The molecular formula is C22H21FN4O3. The lowest BCUT2D eigenvalue weighted by Crippen LogP contribution is -2.18. The summed E-state index contributed by atoms with van der Waals surface area (Å²) in [6, 6.07) is 11.7. The van der Waals surface area contributed by atoms with Gasteiger partial charge in [-0.1, -0.05) is 0 Å². The number of nitrogens with one attached hydrogen (secondary N) is 2. The van der Waals surface area contributed by atoms with E-state index < -0.39 is 5.82 Å². The summed E-state index contributed by atoms with van der Waals surface area (Å²) >= 11 is 0. The van der Waals surface area contributed by atoms with Gasteiger partial charge in [-0.15, -0.1) is 0 Å². The molecule has 0 radical (unpaired) electrons. The fourth-order valence-corrected chi connectivity index (χ4v) is 3.28. The van der Waals surface area contributed by atoms with Crippen molar-refractivity contribution in [2.24, 2.45) is 0 Å². The van der Waals surface area contributed by atoms with Gasteiger partial charge in [-0.2, -0.15) is 5.10 Å². The Bertz CT molecular complexity index is 1070. The van der Waals surface area contributed by atoms with Gasteiger partial charge in [0.05, 0.1) is 6.61 Å². The van der Waals surface area contributed by atoms with Gasteiger partial charge in [0.25, 0.3) is 0 Å². The van der Waals surface area contributed by atoms with Crippen LogP contribution in [0.1, 0.15) is 24.8 Å². The van der Waals surface area contributed by atoms with Gasteiger partial charge < -0.3 is 15.4 Å². The first-order valence-electron chi connectivity index (χ1n) is 9.73. The third-order valence-corrected chi connectivity index (χ3v) is 4.77. The van der Waals surface area contributed by atoms with E-state index in [1.165, 1.54) is 10.7 Å². The number of nitrogens with zero attached hydrogens (tertiary/aromatic N) is 2. The molecule has 2 heterocycles. The molecule has 0 bridgehead atoms. The van der Waals surface area contributed by atoms with E-state index >= 15 is 0 Å². The number of benzene rings is 2. The summed E-state index contributed by atoms with van der Waals surface area (Å²) in [6.45, 7) is 0.380. The normalized spacial score (nSPS) is 12.8. The largest absolute Gasteiger partial charge is 0.494 e. The summed E-state index contributed by atoms with van der Waals surface area (Å²) in [5.74, 6) is 0.0566. The minimum Gasteiger partial charge on any atom is -0.494 e. The van der Waals surface area contributed by atoms with Crippen LogP contribution in [0.15, 0.2) is 54.9 Å². The molecule has 1 aromatic heterocycles. The second kappa shape index (κ2) is 8.77. The molecule has 8 heteroatoms. The van der Waals surface area contributed by atoms with Gasteiger partial charge in [-0.05, 0) is 60.9 Å². The first kappa shape index (κ1) is 19.6. The smallest absolute Gasteiger partial charge is 0.224 e. The third-order valence-electron chi connectivity index (χ3n) is 4.77. The van der Waals surface area contributed by atoms with Gasteiger partial charge in [0.2, 0.25) is 11.8 Å². The van der Waals surface area contributed by atoms with E-state index in [1.54, 1.807) is 36.7 Å². The molecule has 0 saturated carbocycles. The molecule has 2 amide bonds. The number of anilines is 2. The average Bonchev–Trinajstić information content (AvgIpc) is 3.26. The Morgan fingerprint density at radius 1 is 1.23 bits per heavy atom. The summed E-state index contributed by atoms with van der Waals surface area (Å²) < 4.78 is 21.4. The SMILES string of the molecule is O=C(CCCOc1ccc2c(c1)CCC(=O)N2)Nc1ccc(-n2cccn2)c(F)c1. The zero-order valence-electron chi connectivity index (χ0n) is 16.2. The summed E-state index contributed by atoms with van der Waals surface area (Å²) in [5.41, 5.74) is 2.58. The Hall–Kier alpha value is -3.68. The number of carbonyl (C=O) groups is 2. The molecule has 3 aromatic rings. The molecule has 0 aliphatic carbocycles. The van der Waals surface area contributed by atoms with Crippen molar-refractivity contribution >= 4 is 23.2 Å². The summed E-state index contributed by atoms with van der Waals surface area (Å²) in [4.78, 5) is 23.5. The first-order valence-corrected chi connectivity index (χ1v) is 9.73. The Kier molecular flexibility index (Phi) is 5.74. The van der Waals surface area contributed by atoms with E-state index in [1.807, 2.05) is 12.1 Å². The molecule has 0 fully saturated rings. The van der Waals surface area contributed by atoms with E-state index in [4.69, 9.17) is 4.74 Å². The second-order valence-corrected chi connectivity index (χ2v) is 6.98. The van der Waals surface area contributed by atoms with E-state index in [0.717, 1.165) is 11.3 Å². The number of fused-ring (bicyclic) bond motifs is 1. The first-order chi connectivity index (χ1) is 14.6. The Balaban J connectivity index is 1.24. The highest BCUT2D eigenvalue weighted by Gasteiger charge is 2.15. The van der Waals surface area contributed by atoms with Gasteiger partial charge in [-0.25, -0.2) is 9.07 Å². The Morgan fingerprint density at radius 2 is 2.13 bits per heavy atom. The maximum Gasteiger partial charge on any atom is 0.224 e. The van der Waals surface area contributed by atoms with Crippen LogP contribution in [0, 0.1) is 5.82 Å². The number of carbonyl (C=O) groups excluding carboxylic acids is 2. The number of hydrogen-bond donors (Lipinski definition) is 2. The molecule has 0 atom stereocenters. The molecule has 0 saturated heterocycles. The number of amides is 2. The van der Waals surface area contributed by atoms with Gasteiger partial charge in [0.1, 0.15) is 11.4 Å². The van der Waals surface area contributed by atoms with Crippen LogP contribution < -0.4 is 15.4 Å². The van der Waals surface area contributed by atoms with Crippen LogP contribution in [-0.2, 0) is 16.0 Å². The zero-order valence-corrected chi connectivity index (χ0v) is 16.2. The van der Waals surface area contributed by atoms with E-state index in [-0.39, 0.29) is 18.2 Å². The predicted octanol–water partition coefficient (Wildman–Crippen LogP) is 3.69. The maximum atomic E-state index is 14.2. The number of aryl methyl sites for hydroxylation is 1. The van der Waals surface area contributed by atoms with Gasteiger partial charge in [-0.3, -0.25) is 9.59 Å². The maximum absolute atomic E-state index is 14.2. The van der Waals surface area contributed by atoms with Crippen LogP contribution in [0.25, 0.3) is 5.69 Å². The van der Waals surface area contributed by atoms with Crippen LogP contribution in [0.4, 0.5) is 15.8 Å². The number of halogens is 1. The van der Waals surface area contributed by atoms with Crippen LogP contribution in [0.2, 0.25) is 0 Å². The number of hydrogen-bond acceptors (Lipinski definition) is 4. The van der Waals surface area contributed by atoms with Crippen LogP contribution in [0.5, 0.6) is 5.75 Å². The monoisotopic (exact) mass is 408 g/mol. The highest BCUT2D eigenvalue weighted by molar-refractivity contribution is 5.94. The molecule has 154 valence electrons. The topological polar surface area (TPSA) is 85.3 Å². The van der Waals surface area contributed by atoms with Crippen LogP contribution >= 0.6 is 0 Å². The van der Waals surface area contributed by atoms with Gasteiger partial charge >= 0.3 is 0 Å². The van der Waals surface area contributed by atoms with Crippen molar-refractivity contribution in [1.29, 1.82) is 0 Å². The molecule has 2 N–H and O–H groups in total. The summed E-state index contributed by atoms with van der Waals surface area (Å²) in [6.07, 6.45) is 5.15. The Labute approximate surface area is 172 Å². The second-order valence-electron chi connectivity index (χ2n) is 6.98. The molecule has 1 aliphatic rings. The van der Waals surface area contributed by atoms with Crippen molar-refractivity contribution in [1.82, 2.24) is 9.78 Å². The predicted molar refractivity (Wildman–Crippen MR) is 110 cm³/mol. The highest BCUT2D eigenvalue weighted by atomic mass is 19.1. The van der Waals surface area contributed by atoms with Crippen molar-refractivity contribution in [3.05, 3.63) is 66.2 Å². The lowest BCUT2D eigenvalue weighted by atomic mass is 10.0. The summed E-state index contributed by atoms with van der Waals surface area (Å²) in [5, 5.41) is 9.52. The third kappa shape index (κ3) is 4.65. The van der Waals surface area contributed by atoms with E-state index in [0.29, 0.717) is 43.0 Å². The Morgan fingerprint density at radius 3 is 2.93 bits per heavy atom. The number of rotatable bonds is 7. The molecule has 7 nitrogen and oxygen atoms in total. The van der Waals surface area contributed by atoms with Crippen LogP contribution in [-0.4, -0.2) is 28.2 Å². The van der Waals surface area contributed by atoms with E-state index in [9.17, 15) is 14.0 Å². The molecule has 4 rings (SSSR count). The molecule has 1 aliphatic heterocycles. The van der Waals surface area contributed by atoms with Crippen LogP contribution in [0.3, 0.4) is 0 Å². The summed E-state index contributed by atoms with van der Waals surface area (Å²) in [7, 11) is 0. The number of ether oxygens (including phenoxy) is 1. The quantitative estimate of drug-likeness (QED) is 0.584. The molecule has 0 spiro atoms. The van der Waals surface area contributed by atoms with Gasteiger partial charge in [0.15, 0.2) is 5.82 Å². The fraction of sp³-hybridized carbons (Fsp3) is 0.227. The minimum absolute atomic E-state index is 0.0260. The van der Waals surface area contributed by atoms with Gasteiger partial charge in [0, 0.05) is 36.6 Å². The zero-order chi connectivity index (χ0) is 20.9.